The molecule has 122 valence electrons. The summed E-state index contributed by atoms with van der Waals surface area (Å²) in [6.45, 7) is 8.25. The molecule has 1 heterocycles. The Morgan fingerprint density at radius 1 is 1.38 bits per heavy atom. The van der Waals surface area contributed by atoms with Gasteiger partial charge in [-0.3, -0.25) is 10.1 Å². The van der Waals surface area contributed by atoms with Crippen molar-refractivity contribution >= 4 is 5.91 Å². The van der Waals surface area contributed by atoms with Gasteiger partial charge < -0.3 is 9.64 Å². The Kier molecular flexibility index (Phi) is 5.31. The maximum absolute atomic E-state index is 13.0. The number of methoxy groups -OCH3 is 1. The molecule has 4 heteroatoms. The number of carbonyl (C=O) groups excluding carboxylic acids is 1. The predicted molar refractivity (Wildman–Crippen MR) is 85.0 cm³/mol. The molecule has 1 N–H and O–H groups in total. The van der Waals surface area contributed by atoms with Gasteiger partial charge in [0.25, 0.3) is 0 Å². The van der Waals surface area contributed by atoms with Crippen LogP contribution in [0.2, 0.25) is 0 Å². The van der Waals surface area contributed by atoms with Crippen LogP contribution >= 0.6 is 0 Å². The van der Waals surface area contributed by atoms with Crippen LogP contribution in [0, 0.1) is 5.41 Å². The van der Waals surface area contributed by atoms with Crippen LogP contribution in [-0.4, -0.2) is 42.8 Å². The van der Waals surface area contributed by atoms with Gasteiger partial charge in [0.2, 0.25) is 5.91 Å². The maximum atomic E-state index is 13.0. The number of rotatable bonds is 7. The maximum Gasteiger partial charge on any atom is 0.244 e. The van der Waals surface area contributed by atoms with Crippen LogP contribution in [0.25, 0.3) is 0 Å². The summed E-state index contributed by atoms with van der Waals surface area (Å²) in [6.07, 6.45) is 7.75. The third-order valence-corrected chi connectivity index (χ3v) is 5.09. The first-order valence-corrected chi connectivity index (χ1v) is 8.52. The summed E-state index contributed by atoms with van der Waals surface area (Å²) in [7, 11) is 1.74. The van der Waals surface area contributed by atoms with Crippen molar-refractivity contribution in [1.29, 1.82) is 0 Å². The van der Waals surface area contributed by atoms with Crippen LogP contribution < -0.4 is 5.32 Å². The lowest BCUT2D eigenvalue weighted by Gasteiger charge is -2.33. The number of carbonyl (C=O) groups is 1. The van der Waals surface area contributed by atoms with Crippen molar-refractivity contribution in [3.8, 4) is 0 Å². The van der Waals surface area contributed by atoms with Crippen LogP contribution in [0.3, 0.4) is 0 Å². The Hall–Kier alpha value is -0.610. The highest BCUT2D eigenvalue weighted by Gasteiger charge is 2.52. The third kappa shape index (κ3) is 3.59. The number of hydrogen-bond donors (Lipinski definition) is 1. The van der Waals surface area contributed by atoms with Crippen molar-refractivity contribution in [3.63, 3.8) is 0 Å². The Balaban J connectivity index is 2.09. The molecule has 4 nitrogen and oxygen atoms in total. The molecule has 1 saturated heterocycles. The molecule has 1 amide bonds. The van der Waals surface area contributed by atoms with E-state index in [9.17, 15) is 4.79 Å². The third-order valence-electron chi connectivity index (χ3n) is 5.09. The summed E-state index contributed by atoms with van der Waals surface area (Å²) in [4.78, 5) is 15.1. The summed E-state index contributed by atoms with van der Waals surface area (Å²) in [5.74, 6) is 0.351. The summed E-state index contributed by atoms with van der Waals surface area (Å²) in [5.41, 5.74) is -0.138. The van der Waals surface area contributed by atoms with Crippen molar-refractivity contribution in [2.45, 2.75) is 77.4 Å². The molecule has 1 aliphatic carbocycles. The molecule has 1 saturated carbocycles. The predicted octanol–water partition coefficient (Wildman–Crippen LogP) is 2.92. The average Bonchev–Trinajstić information content (AvgIpc) is 2.99. The Bertz CT molecular complexity index is 362. The molecule has 2 aliphatic rings. The molecule has 1 aliphatic heterocycles. The molecule has 0 aromatic rings. The van der Waals surface area contributed by atoms with Gasteiger partial charge in [-0.1, -0.05) is 40.0 Å². The second-order valence-electron chi connectivity index (χ2n) is 7.58. The minimum absolute atomic E-state index is 0.101. The topological polar surface area (TPSA) is 41.6 Å². The standard InChI is InChI=1S/C17H32N2O2/c1-5-8-14-18-17(9-6-7-10-17)15(20)19(14)13-16(2,3)11-12-21-4/h14,18H,5-13H2,1-4H3. The van der Waals surface area contributed by atoms with E-state index in [1.54, 1.807) is 7.11 Å². The highest BCUT2D eigenvalue weighted by molar-refractivity contribution is 5.89. The van der Waals surface area contributed by atoms with Crippen molar-refractivity contribution in [1.82, 2.24) is 10.2 Å². The fraction of sp³-hybridized carbons (Fsp3) is 0.941. The summed E-state index contributed by atoms with van der Waals surface area (Å²) in [5, 5.41) is 3.69. The zero-order valence-electron chi connectivity index (χ0n) is 14.2. The van der Waals surface area contributed by atoms with Crippen molar-refractivity contribution < 1.29 is 9.53 Å². The van der Waals surface area contributed by atoms with E-state index >= 15 is 0 Å². The van der Waals surface area contributed by atoms with E-state index in [1.165, 1.54) is 12.8 Å². The first-order valence-electron chi connectivity index (χ1n) is 8.52. The molecule has 0 aromatic carbocycles. The minimum atomic E-state index is -0.239. The van der Waals surface area contributed by atoms with Crippen LogP contribution in [0.4, 0.5) is 0 Å². The van der Waals surface area contributed by atoms with Crippen molar-refractivity contribution in [2.75, 3.05) is 20.3 Å². The molecular weight excluding hydrogens is 264 g/mol. The molecule has 0 aromatic heterocycles. The lowest BCUT2D eigenvalue weighted by Crippen LogP contribution is -2.45. The molecule has 0 radical (unpaired) electrons. The fourth-order valence-electron chi connectivity index (χ4n) is 3.81. The van der Waals surface area contributed by atoms with E-state index in [0.717, 1.165) is 45.3 Å². The molecule has 2 rings (SSSR count). The lowest BCUT2D eigenvalue weighted by molar-refractivity contribution is -0.134. The fourth-order valence-corrected chi connectivity index (χ4v) is 3.81. The quantitative estimate of drug-likeness (QED) is 0.785. The van der Waals surface area contributed by atoms with Crippen LogP contribution in [-0.2, 0) is 9.53 Å². The van der Waals surface area contributed by atoms with Gasteiger partial charge >= 0.3 is 0 Å². The van der Waals surface area contributed by atoms with Crippen LogP contribution in [0.15, 0.2) is 0 Å². The molecule has 1 atom stereocenters. The van der Waals surface area contributed by atoms with Crippen molar-refractivity contribution in [2.24, 2.45) is 5.41 Å². The molecule has 1 spiro atoms. The smallest absolute Gasteiger partial charge is 0.244 e. The van der Waals surface area contributed by atoms with Gasteiger partial charge in [-0.2, -0.15) is 0 Å². The lowest BCUT2D eigenvalue weighted by atomic mass is 9.88. The van der Waals surface area contributed by atoms with Gasteiger partial charge in [-0.25, -0.2) is 0 Å². The number of nitrogens with zero attached hydrogens (tertiary/aromatic N) is 1. The van der Waals surface area contributed by atoms with Crippen LogP contribution in [0.5, 0.6) is 0 Å². The van der Waals surface area contributed by atoms with Gasteiger partial charge in [-0.15, -0.1) is 0 Å². The van der Waals surface area contributed by atoms with E-state index in [-0.39, 0.29) is 17.1 Å². The summed E-state index contributed by atoms with van der Waals surface area (Å²) >= 11 is 0. The van der Waals surface area contributed by atoms with E-state index < -0.39 is 0 Å². The normalized spacial score (nSPS) is 25.2. The highest BCUT2D eigenvalue weighted by atomic mass is 16.5. The second kappa shape index (κ2) is 6.66. The van der Waals surface area contributed by atoms with E-state index in [2.05, 4.69) is 31.0 Å². The molecule has 1 unspecified atom stereocenters. The Morgan fingerprint density at radius 3 is 2.62 bits per heavy atom. The number of nitrogens with one attached hydrogen (secondary N) is 1. The molecule has 0 bridgehead atoms. The average molecular weight is 296 g/mol. The first-order chi connectivity index (χ1) is 9.94. The zero-order valence-corrected chi connectivity index (χ0v) is 14.2. The number of hydrogen-bond acceptors (Lipinski definition) is 3. The van der Waals surface area contributed by atoms with E-state index in [1.807, 2.05) is 0 Å². The Morgan fingerprint density at radius 2 is 2.05 bits per heavy atom. The van der Waals surface area contributed by atoms with Gasteiger partial charge in [0, 0.05) is 20.3 Å². The van der Waals surface area contributed by atoms with E-state index in [4.69, 9.17) is 4.74 Å². The van der Waals surface area contributed by atoms with Gasteiger partial charge in [0.05, 0.1) is 11.7 Å². The molecule has 21 heavy (non-hydrogen) atoms. The number of ether oxygens (including phenoxy) is 1. The first kappa shape index (κ1) is 16.8. The van der Waals surface area contributed by atoms with Gasteiger partial charge in [0.1, 0.15) is 0 Å². The SMILES string of the molecule is CCCC1NC2(CCCC2)C(=O)N1CC(C)(C)CCOC. The van der Waals surface area contributed by atoms with Gasteiger partial charge in [-0.05, 0) is 31.1 Å². The van der Waals surface area contributed by atoms with Gasteiger partial charge in [0.15, 0.2) is 0 Å². The van der Waals surface area contributed by atoms with E-state index in [0.29, 0.717) is 5.91 Å². The monoisotopic (exact) mass is 296 g/mol. The van der Waals surface area contributed by atoms with Crippen LogP contribution in [0.1, 0.15) is 65.7 Å². The zero-order chi connectivity index (χ0) is 15.5. The molecular formula is C17H32N2O2. The Labute approximate surface area is 129 Å². The van der Waals surface area contributed by atoms with Crippen molar-refractivity contribution in [3.05, 3.63) is 0 Å². The summed E-state index contributed by atoms with van der Waals surface area (Å²) in [6, 6.07) is 0. The minimum Gasteiger partial charge on any atom is -0.385 e. The largest absolute Gasteiger partial charge is 0.385 e. The summed E-state index contributed by atoms with van der Waals surface area (Å²) < 4.78 is 5.22. The number of amides is 1. The highest BCUT2D eigenvalue weighted by Crippen LogP contribution is 2.38. The second-order valence-corrected chi connectivity index (χ2v) is 7.58. The molecule has 2 fully saturated rings.